The van der Waals surface area contributed by atoms with Crippen molar-refractivity contribution < 1.29 is 14.4 Å². The van der Waals surface area contributed by atoms with Crippen molar-refractivity contribution in [3.63, 3.8) is 0 Å². The first-order valence-electron chi connectivity index (χ1n) is 11.4. The van der Waals surface area contributed by atoms with Crippen LogP contribution in [0.4, 0.5) is 0 Å². The molecule has 1 heterocycles. The van der Waals surface area contributed by atoms with Gasteiger partial charge in [0, 0.05) is 32.9 Å². The third-order valence-corrected chi connectivity index (χ3v) is 5.47. The molecule has 7 heteroatoms. The average Bonchev–Trinajstić information content (AvgIpc) is 2.80. The summed E-state index contributed by atoms with van der Waals surface area (Å²) in [7, 11) is 1.86. The van der Waals surface area contributed by atoms with Crippen LogP contribution in [0.25, 0.3) is 0 Å². The summed E-state index contributed by atoms with van der Waals surface area (Å²) in [5.74, 6) is -0.0730. The molecule has 0 unspecified atom stereocenters. The lowest BCUT2D eigenvalue weighted by Gasteiger charge is -2.22. The molecule has 1 aliphatic rings. The van der Waals surface area contributed by atoms with Crippen molar-refractivity contribution in [2.45, 2.75) is 39.2 Å². The molecule has 1 aliphatic heterocycles. The van der Waals surface area contributed by atoms with Crippen LogP contribution in [-0.2, 0) is 20.9 Å². The second kappa shape index (κ2) is 14.2. The molecule has 32 heavy (non-hydrogen) atoms. The number of amides is 2. The van der Waals surface area contributed by atoms with Crippen molar-refractivity contribution in [2.24, 2.45) is 5.92 Å². The summed E-state index contributed by atoms with van der Waals surface area (Å²) in [5.41, 5.74) is 1.30. The fourth-order valence-corrected chi connectivity index (χ4v) is 3.76. The highest BCUT2D eigenvalue weighted by molar-refractivity contribution is 6.12. The second-order valence-corrected chi connectivity index (χ2v) is 8.15. The molecular formula is C25H36N4O3. The maximum atomic E-state index is 12.9. The molecule has 3 N–H and O–H groups in total. The van der Waals surface area contributed by atoms with Gasteiger partial charge in [-0.05, 0) is 63.3 Å². The first kappa shape index (κ1) is 25.3. The number of hydrogen-bond acceptors (Lipinski definition) is 5. The Morgan fingerprint density at radius 2 is 1.78 bits per heavy atom. The average molecular weight is 441 g/mol. The fraction of sp³-hybridized carbons (Fsp3) is 0.480. The van der Waals surface area contributed by atoms with Crippen molar-refractivity contribution in [1.29, 1.82) is 0 Å². The molecule has 174 valence electrons. The van der Waals surface area contributed by atoms with Gasteiger partial charge in [0.25, 0.3) is 11.8 Å². The van der Waals surface area contributed by atoms with E-state index < -0.39 is 5.91 Å². The van der Waals surface area contributed by atoms with Crippen molar-refractivity contribution in [2.75, 3.05) is 33.2 Å². The number of likely N-dealkylation sites (N-methyl/N-ethyl adjacent to an activating group) is 1. The monoisotopic (exact) mass is 440 g/mol. The Morgan fingerprint density at radius 3 is 2.44 bits per heavy atom. The van der Waals surface area contributed by atoms with E-state index in [0.717, 1.165) is 31.5 Å². The van der Waals surface area contributed by atoms with Crippen LogP contribution >= 0.6 is 0 Å². The number of piperidine rings is 1. The third kappa shape index (κ3) is 9.06. The molecule has 0 radical (unpaired) electrons. The number of rotatable bonds is 12. The van der Waals surface area contributed by atoms with E-state index in [1.54, 1.807) is 13.1 Å². The lowest BCUT2D eigenvalue weighted by Crippen LogP contribution is -2.30. The quantitative estimate of drug-likeness (QED) is 0.116. The lowest BCUT2D eigenvalue weighted by molar-refractivity contribution is -0.119. The molecule has 1 fully saturated rings. The number of nitrogens with one attached hydrogen (secondary N) is 3. The van der Waals surface area contributed by atoms with E-state index in [9.17, 15) is 14.4 Å². The summed E-state index contributed by atoms with van der Waals surface area (Å²) in [6.07, 6.45) is 7.88. The van der Waals surface area contributed by atoms with Crippen LogP contribution in [0.1, 0.15) is 38.2 Å². The van der Waals surface area contributed by atoms with Crippen LogP contribution < -0.4 is 16.0 Å². The minimum Gasteiger partial charge on any atom is -0.375 e. The Hall–Kier alpha value is -2.93. The predicted octanol–water partition coefficient (Wildman–Crippen LogP) is 2.16. The number of hydrogen-bond donors (Lipinski definition) is 3. The molecule has 0 atom stereocenters. The van der Waals surface area contributed by atoms with Gasteiger partial charge in [0.05, 0.1) is 11.1 Å². The highest BCUT2D eigenvalue weighted by atomic mass is 16.2. The summed E-state index contributed by atoms with van der Waals surface area (Å²) >= 11 is 0. The van der Waals surface area contributed by atoms with Crippen LogP contribution in [0.2, 0.25) is 0 Å². The lowest BCUT2D eigenvalue weighted by atomic mass is 9.93. The Kier molecular flexibility index (Phi) is 11.2. The van der Waals surface area contributed by atoms with Crippen LogP contribution in [0, 0.1) is 5.92 Å². The van der Waals surface area contributed by atoms with Gasteiger partial charge >= 0.3 is 0 Å². The van der Waals surface area contributed by atoms with Gasteiger partial charge in [-0.15, -0.1) is 0 Å². The number of nitrogens with zero attached hydrogens (tertiary/aromatic N) is 1. The van der Waals surface area contributed by atoms with Crippen molar-refractivity contribution >= 4 is 18.1 Å². The molecule has 1 aromatic rings. The molecule has 0 aliphatic carbocycles. The highest BCUT2D eigenvalue weighted by Crippen LogP contribution is 2.17. The molecule has 2 rings (SSSR count). The minimum atomic E-state index is -0.488. The maximum Gasteiger partial charge on any atom is 0.254 e. The Bertz CT molecular complexity index is 799. The molecule has 7 nitrogen and oxygen atoms in total. The van der Waals surface area contributed by atoms with Gasteiger partial charge in [-0.2, -0.15) is 0 Å². The van der Waals surface area contributed by atoms with E-state index in [0.29, 0.717) is 31.8 Å². The first-order valence-corrected chi connectivity index (χ1v) is 11.4. The molecule has 0 aromatic heterocycles. The van der Waals surface area contributed by atoms with E-state index in [4.69, 9.17) is 0 Å². The predicted molar refractivity (Wildman–Crippen MR) is 127 cm³/mol. The van der Waals surface area contributed by atoms with Crippen LogP contribution in [0.5, 0.6) is 0 Å². The Balaban J connectivity index is 2.06. The van der Waals surface area contributed by atoms with E-state index in [1.165, 1.54) is 18.9 Å². The summed E-state index contributed by atoms with van der Waals surface area (Å²) < 4.78 is 0. The standard InChI is InChI=1S/C25H36N4O3/c1-3-27-25(32)23(19-30)16-22(18-29(2)17-21-8-5-4-6-9-21)24(31)28-13-7-10-20-11-14-26-15-12-20/h4-6,8-9,16,18-20,26H,3,7,10-15,17H2,1-2H3,(H,27,32)(H,28,31)/b22-18+,23-16+. The number of aldehydes is 1. The Labute approximate surface area is 191 Å². The first-order chi connectivity index (χ1) is 15.5. The largest absolute Gasteiger partial charge is 0.375 e. The van der Waals surface area contributed by atoms with Gasteiger partial charge in [-0.25, -0.2) is 0 Å². The fourth-order valence-electron chi connectivity index (χ4n) is 3.76. The molecule has 1 aromatic carbocycles. The zero-order chi connectivity index (χ0) is 23.2. The highest BCUT2D eigenvalue weighted by Gasteiger charge is 2.15. The van der Waals surface area contributed by atoms with Gasteiger partial charge in [-0.3, -0.25) is 14.4 Å². The summed E-state index contributed by atoms with van der Waals surface area (Å²) in [4.78, 5) is 38.4. The number of carbonyl (C=O) groups excluding carboxylic acids is 3. The summed E-state index contributed by atoms with van der Waals surface area (Å²) in [6, 6.07) is 9.89. The molecule has 2 amide bonds. The zero-order valence-electron chi connectivity index (χ0n) is 19.2. The van der Waals surface area contributed by atoms with E-state index in [-0.39, 0.29) is 17.1 Å². The van der Waals surface area contributed by atoms with Gasteiger partial charge in [-0.1, -0.05) is 30.3 Å². The van der Waals surface area contributed by atoms with Crippen molar-refractivity contribution in [1.82, 2.24) is 20.9 Å². The zero-order valence-corrected chi connectivity index (χ0v) is 19.2. The smallest absolute Gasteiger partial charge is 0.254 e. The van der Waals surface area contributed by atoms with Gasteiger partial charge in [0.1, 0.15) is 0 Å². The van der Waals surface area contributed by atoms with Gasteiger partial charge < -0.3 is 20.9 Å². The number of benzene rings is 1. The second-order valence-electron chi connectivity index (χ2n) is 8.15. The van der Waals surface area contributed by atoms with E-state index in [2.05, 4.69) is 16.0 Å². The van der Waals surface area contributed by atoms with Crippen LogP contribution in [0.3, 0.4) is 0 Å². The van der Waals surface area contributed by atoms with Crippen molar-refractivity contribution in [3.05, 3.63) is 59.3 Å². The van der Waals surface area contributed by atoms with E-state index >= 15 is 0 Å². The van der Waals surface area contributed by atoms with Crippen molar-refractivity contribution in [3.8, 4) is 0 Å². The minimum absolute atomic E-state index is 0.0731. The normalized spacial score (nSPS) is 15.2. The molecule has 0 saturated carbocycles. The summed E-state index contributed by atoms with van der Waals surface area (Å²) in [6.45, 7) is 5.47. The molecule has 1 saturated heterocycles. The van der Waals surface area contributed by atoms with Gasteiger partial charge in [0.15, 0.2) is 6.29 Å². The number of carbonyl (C=O) groups is 3. The van der Waals surface area contributed by atoms with Gasteiger partial charge in [0.2, 0.25) is 0 Å². The molecule has 0 bridgehead atoms. The topological polar surface area (TPSA) is 90.5 Å². The third-order valence-electron chi connectivity index (χ3n) is 5.47. The molecular weight excluding hydrogens is 404 g/mol. The van der Waals surface area contributed by atoms with Crippen LogP contribution in [-0.4, -0.2) is 56.2 Å². The summed E-state index contributed by atoms with van der Waals surface area (Å²) in [5, 5.41) is 8.92. The maximum absolute atomic E-state index is 12.9. The van der Waals surface area contributed by atoms with E-state index in [1.807, 2.05) is 42.3 Å². The van der Waals surface area contributed by atoms with Crippen LogP contribution in [0.15, 0.2) is 53.8 Å². The Morgan fingerprint density at radius 1 is 1.09 bits per heavy atom. The SMILES string of the molecule is CCNC(=O)/C(C=O)=C/C(=C\N(C)Cc1ccccc1)C(=O)NCCCC1CCNCC1. The molecule has 0 spiro atoms.